The van der Waals surface area contributed by atoms with Crippen LogP contribution in [0.4, 0.5) is 0 Å². The van der Waals surface area contributed by atoms with E-state index in [1.165, 1.54) is 25.7 Å². The molecule has 1 aliphatic rings. The Balaban J connectivity index is 1.58. The molecule has 2 N–H and O–H groups in total. The zero-order valence-electron chi connectivity index (χ0n) is 14.0. The Bertz CT molecular complexity index is 1130. The highest BCUT2D eigenvalue weighted by atomic mass is 32.1. The molecule has 0 saturated heterocycles. The molecule has 0 spiro atoms. The Kier molecular flexibility index (Phi) is 3.55. The molecule has 0 unspecified atom stereocenters. The van der Waals surface area contributed by atoms with E-state index in [0.717, 1.165) is 12.1 Å². The maximum Gasteiger partial charge on any atom is 0.327 e. The third kappa shape index (κ3) is 2.34. The number of aliphatic carboxylic acids is 1. The Labute approximate surface area is 153 Å². The van der Waals surface area contributed by atoms with Crippen molar-refractivity contribution in [3.63, 3.8) is 0 Å². The molecule has 1 atom stereocenters. The van der Waals surface area contributed by atoms with Crippen LogP contribution in [0, 0.1) is 0 Å². The summed E-state index contributed by atoms with van der Waals surface area (Å²) in [4.78, 5) is 21.3. The van der Waals surface area contributed by atoms with Crippen molar-refractivity contribution in [2.45, 2.75) is 19.0 Å². The largest absolute Gasteiger partial charge is 0.480 e. The molecule has 2 aromatic carbocycles. The van der Waals surface area contributed by atoms with E-state index < -0.39 is 12.0 Å². The van der Waals surface area contributed by atoms with E-state index in [1.807, 2.05) is 4.90 Å². The number of carbonyl (C=O) groups is 1. The van der Waals surface area contributed by atoms with Crippen LogP contribution in [-0.2, 0) is 17.8 Å². The second kappa shape index (κ2) is 5.93. The van der Waals surface area contributed by atoms with Gasteiger partial charge in [0.15, 0.2) is 6.04 Å². The topological polar surface area (TPSA) is 69.2 Å². The first kappa shape index (κ1) is 15.5. The van der Waals surface area contributed by atoms with Crippen LogP contribution in [0.5, 0.6) is 0 Å². The van der Waals surface area contributed by atoms with Crippen molar-refractivity contribution >= 4 is 37.5 Å². The van der Waals surface area contributed by atoms with Gasteiger partial charge in [0.05, 0.1) is 12.0 Å². The van der Waals surface area contributed by atoms with Crippen molar-refractivity contribution in [1.82, 2.24) is 14.9 Å². The number of nitrogens with one attached hydrogen (secondary N) is 1. The van der Waals surface area contributed by atoms with E-state index in [0.29, 0.717) is 18.8 Å². The first-order chi connectivity index (χ1) is 12.7. The summed E-state index contributed by atoms with van der Waals surface area (Å²) in [6.45, 7) is 1.31. The van der Waals surface area contributed by atoms with Crippen molar-refractivity contribution in [3.05, 3.63) is 65.7 Å². The summed E-state index contributed by atoms with van der Waals surface area (Å²) in [6, 6.07) is 14.0. The molecule has 6 heteroatoms. The minimum atomic E-state index is -0.846. The lowest BCUT2D eigenvalue weighted by atomic mass is 10.0. The zero-order chi connectivity index (χ0) is 17.7. The molecular formula is C20H17N3O2S. The van der Waals surface area contributed by atoms with Gasteiger partial charge in [-0.1, -0.05) is 36.4 Å². The number of imidazole rings is 1. The molecule has 0 fully saturated rings. The molecule has 0 bridgehead atoms. The van der Waals surface area contributed by atoms with E-state index in [9.17, 15) is 9.90 Å². The van der Waals surface area contributed by atoms with E-state index in [4.69, 9.17) is 0 Å². The van der Waals surface area contributed by atoms with Gasteiger partial charge in [-0.2, -0.15) is 0 Å². The third-order valence-corrected chi connectivity index (χ3v) is 6.38. The van der Waals surface area contributed by atoms with Crippen molar-refractivity contribution < 1.29 is 9.90 Å². The van der Waals surface area contributed by atoms with Gasteiger partial charge in [-0.25, -0.2) is 4.98 Å². The van der Waals surface area contributed by atoms with Crippen LogP contribution in [0.25, 0.3) is 20.2 Å². The standard InChI is InChI=1S/C20H17N3O2S/c24-20(25)18-17-15(21-11-22-17)8-9-23(18)10-12-4-3-6-14-13-5-1-2-7-16(13)26-19(12)14/h1-7,11,18H,8-10H2,(H,21,22)(H,24,25)/t18-/m0/s1. The number of rotatable bonds is 3. The highest BCUT2D eigenvalue weighted by molar-refractivity contribution is 7.26. The molecule has 2 aromatic heterocycles. The maximum absolute atomic E-state index is 11.9. The summed E-state index contributed by atoms with van der Waals surface area (Å²) >= 11 is 1.78. The number of aromatic amines is 1. The molecule has 4 aromatic rings. The van der Waals surface area contributed by atoms with Gasteiger partial charge < -0.3 is 10.1 Å². The number of nitrogens with zero attached hydrogens (tertiary/aromatic N) is 2. The van der Waals surface area contributed by atoms with Crippen molar-refractivity contribution in [2.75, 3.05) is 6.54 Å². The minimum Gasteiger partial charge on any atom is -0.480 e. The van der Waals surface area contributed by atoms with Gasteiger partial charge in [0.2, 0.25) is 0 Å². The average Bonchev–Trinajstić information content (AvgIpc) is 3.26. The van der Waals surface area contributed by atoms with Crippen molar-refractivity contribution in [2.24, 2.45) is 0 Å². The number of hydrogen-bond acceptors (Lipinski definition) is 4. The monoisotopic (exact) mass is 363 g/mol. The minimum absolute atomic E-state index is 0.605. The second-order valence-corrected chi connectivity index (χ2v) is 7.67. The molecule has 26 heavy (non-hydrogen) atoms. The smallest absolute Gasteiger partial charge is 0.327 e. The molecule has 3 heterocycles. The van der Waals surface area contributed by atoms with Crippen LogP contribution in [0.15, 0.2) is 48.8 Å². The predicted octanol–water partition coefficient (Wildman–Crippen LogP) is 3.96. The van der Waals surface area contributed by atoms with Crippen LogP contribution in [0.2, 0.25) is 0 Å². The number of thiophene rings is 1. The van der Waals surface area contributed by atoms with Gasteiger partial charge in [0.25, 0.3) is 0 Å². The van der Waals surface area contributed by atoms with Gasteiger partial charge >= 0.3 is 5.97 Å². The van der Waals surface area contributed by atoms with Crippen LogP contribution in [-0.4, -0.2) is 32.5 Å². The number of fused-ring (bicyclic) bond motifs is 4. The van der Waals surface area contributed by atoms with Crippen molar-refractivity contribution in [1.29, 1.82) is 0 Å². The SMILES string of the molecule is O=C(O)[C@@H]1c2nc[nH]c2CCN1Cc1cccc2c1sc1ccccc12. The number of hydrogen-bond donors (Lipinski definition) is 2. The van der Waals surface area contributed by atoms with E-state index in [-0.39, 0.29) is 0 Å². The van der Waals surface area contributed by atoms with E-state index >= 15 is 0 Å². The Morgan fingerprint density at radius 1 is 1.23 bits per heavy atom. The second-order valence-electron chi connectivity index (χ2n) is 6.62. The van der Waals surface area contributed by atoms with E-state index in [1.54, 1.807) is 17.7 Å². The highest BCUT2D eigenvalue weighted by Crippen LogP contribution is 2.37. The van der Waals surface area contributed by atoms with Crippen LogP contribution < -0.4 is 0 Å². The summed E-state index contributed by atoms with van der Waals surface area (Å²) < 4.78 is 2.50. The average molecular weight is 363 g/mol. The maximum atomic E-state index is 11.9. The van der Waals surface area contributed by atoms with Gasteiger partial charge in [0.1, 0.15) is 0 Å². The van der Waals surface area contributed by atoms with Gasteiger partial charge in [0, 0.05) is 45.4 Å². The summed E-state index contributed by atoms with van der Waals surface area (Å²) in [7, 11) is 0. The molecule has 5 nitrogen and oxygen atoms in total. The first-order valence-electron chi connectivity index (χ1n) is 8.60. The first-order valence-corrected chi connectivity index (χ1v) is 9.42. The summed E-state index contributed by atoms with van der Waals surface area (Å²) in [6.07, 6.45) is 2.39. The number of carboxylic acid groups (broad SMARTS) is 1. The molecule has 5 rings (SSSR count). The fourth-order valence-corrected chi connectivity index (χ4v) is 5.12. The fourth-order valence-electron chi connectivity index (χ4n) is 3.92. The lowest BCUT2D eigenvalue weighted by Crippen LogP contribution is -2.39. The normalized spacial score (nSPS) is 17.6. The summed E-state index contributed by atoms with van der Waals surface area (Å²) in [5, 5.41) is 12.3. The molecule has 1 aliphatic heterocycles. The Morgan fingerprint density at radius 3 is 2.96 bits per heavy atom. The van der Waals surface area contributed by atoms with Crippen LogP contribution >= 0.6 is 11.3 Å². The van der Waals surface area contributed by atoms with Gasteiger partial charge in [-0.05, 0) is 11.6 Å². The summed E-state index contributed by atoms with van der Waals surface area (Å²) in [5.41, 5.74) is 2.76. The predicted molar refractivity (Wildman–Crippen MR) is 102 cm³/mol. The number of aromatic nitrogens is 2. The zero-order valence-corrected chi connectivity index (χ0v) is 14.8. The summed E-state index contributed by atoms with van der Waals surface area (Å²) in [5.74, 6) is -0.846. The Hall–Kier alpha value is -2.70. The molecule has 130 valence electrons. The molecule has 0 saturated carbocycles. The molecular weight excluding hydrogens is 346 g/mol. The Morgan fingerprint density at radius 2 is 2.08 bits per heavy atom. The number of benzene rings is 2. The van der Waals surface area contributed by atoms with Crippen LogP contribution in [0.3, 0.4) is 0 Å². The fraction of sp³-hybridized carbons (Fsp3) is 0.200. The molecule has 0 aliphatic carbocycles. The van der Waals surface area contributed by atoms with Crippen molar-refractivity contribution in [3.8, 4) is 0 Å². The van der Waals surface area contributed by atoms with E-state index in [2.05, 4.69) is 52.4 Å². The lowest BCUT2D eigenvalue weighted by Gasteiger charge is -2.32. The molecule has 0 radical (unpaired) electrons. The van der Waals surface area contributed by atoms with Gasteiger partial charge in [-0.3, -0.25) is 9.69 Å². The molecule has 0 amide bonds. The lowest BCUT2D eigenvalue weighted by molar-refractivity contribution is -0.144. The quantitative estimate of drug-likeness (QED) is 0.578. The highest BCUT2D eigenvalue weighted by Gasteiger charge is 2.35. The number of carboxylic acids is 1. The van der Waals surface area contributed by atoms with Gasteiger partial charge in [-0.15, -0.1) is 11.3 Å². The third-order valence-electron chi connectivity index (χ3n) is 5.12. The number of H-pyrrole nitrogens is 1. The van der Waals surface area contributed by atoms with Crippen LogP contribution in [0.1, 0.15) is 23.0 Å².